The van der Waals surface area contributed by atoms with Crippen LogP contribution in [0.3, 0.4) is 0 Å². The Morgan fingerprint density at radius 2 is 1.59 bits per heavy atom. The van der Waals surface area contributed by atoms with Crippen LogP contribution in [0.15, 0.2) is 101 Å². The highest BCUT2D eigenvalue weighted by molar-refractivity contribution is 7.89. The minimum absolute atomic E-state index is 0.191. The zero-order valence-electron chi connectivity index (χ0n) is 17.1. The molecule has 0 spiro atoms. The highest BCUT2D eigenvalue weighted by atomic mass is 35.5. The van der Waals surface area contributed by atoms with Crippen LogP contribution < -0.4 is 4.72 Å². The second kappa shape index (κ2) is 9.91. The Bertz CT molecular complexity index is 1300. The van der Waals surface area contributed by atoms with Gasteiger partial charge >= 0.3 is 0 Å². The van der Waals surface area contributed by atoms with Crippen molar-refractivity contribution in [3.63, 3.8) is 0 Å². The summed E-state index contributed by atoms with van der Waals surface area (Å²) in [5.74, 6) is 0. The lowest BCUT2D eigenvalue weighted by Gasteiger charge is -2.04. The Hall–Kier alpha value is -3.26. The van der Waals surface area contributed by atoms with Crippen LogP contribution in [0, 0.1) is 0 Å². The van der Waals surface area contributed by atoms with Crippen LogP contribution in [0.1, 0.15) is 5.56 Å². The van der Waals surface area contributed by atoms with Crippen molar-refractivity contribution in [2.24, 2.45) is 4.99 Å². The molecule has 0 atom stereocenters. The van der Waals surface area contributed by atoms with Gasteiger partial charge < -0.3 is 0 Å². The summed E-state index contributed by atoms with van der Waals surface area (Å²) in [7, 11) is -3.55. The van der Waals surface area contributed by atoms with Gasteiger partial charge in [0.2, 0.25) is 10.0 Å². The average Bonchev–Trinajstić information content (AvgIpc) is 3.25. The maximum atomic E-state index is 12.3. The molecule has 3 aromatic carbocycles. The molecule has 4 aromatic rings. The normalized spacial score (nSPS) is 11.8. The topological polar surface area (TPSA) is 76.3 Å². The van der Waals surface area contributed by atoms with Gasteiger partial charge in [0.15, 0.2) is 0 Å². The predicted octanol–water partition coefficient (Wildman–Crippen LogP) is 4.59. The molecule has 0 saturated carbocycles. The third-order valence-electron chi connectivity index (χ3n) is 4.70. The Morgan fingerprint density at radius 3 is 2.28 bits per heavy atom. The van der Waals surface area contributed by atoms with Crippen molar-refractivity contribution in [3.05, 3.63) is 102 Å². The lowest BCUT2D eigenvalue weighted by Crippen LogP contribution is -2.26. The van der Waals surface area contributed by atoms with Crippen LogP contribution in [0.5, 0.6) is 0 Å². The van der Waals surface area contributed by atoms with Crippen LogP contribution in [0.25, 0.3) is 16.9 Å². The van der Waals surface area contributed by atoms with Crippen LogP contribution in [-0.2, 0) is 10.0 Å². The number of rotatable bonds is 8. The third-order valence-corrected chi connectivity index (χ3v) is 6.43. The first-order valence-corrected chi connectivity index (χ1v) is 11.8. The number of hydrogen-bond acceptors (Lipinski definition) is 4. The summed E-state index contributed by atoms with van der Waals surface area (Å²) in [4.78, 5) is 4.65. The molecule has 0 saturated heterocycles. The quantitative estimate of drug-likeness (QED) is 0.306. The van der Waals surface area contributed by atoms with E-state index < -0.39 is 10.0 Å². The molecule has 1 heterocycles. The van der Waals surface area contributed by atoms with Crippen molar-refractivity contribution in [3.8, 4) is 16.9 Å². The zero-order chi connectivity index (χ0) is 22.4. The molecule has 0 amide bonds. The van der Waals surface area contributed by atoms with Gasteiger partial charge in [-0.05, 0) is 36.4 Å². The summed E-state index contributed by atoms with van der Waals surface area (Å²) >= 11 is 6.03. The van der Waals surface area contributed by atoms with E-state index in [0.717, 1.165) is 22.5 Å². The maximum Gasteiger partial charge on any atom is 0.240 e. The van der Waals surface area contributed by atoms with Crippen LogP contribution in [0.4, 0.5) is 0 Å². The van der Waals surface area contributed by atoms with Crippen LogP contribution in [-0.4, -0.2) is 37.5 Å². The number of nitrogens with one attached hydrogen (secondary N) is 1. The average molecular weight is 465 g/mol. The van der Waals surface area contributed by atoms with Crippen molar-refractivity contribution < 1.29 is 8.42 Å². The maximum absolute atomic E-state index is 12.3. The van der Waals surface area contributed by atoms with E-state index in [9.17, 15) is 8.42 Å². The summed E-state index contributed by atoms with van der Waals surface area (Å²) in [5.41, 5.74) is 3.43. The number of hydrogen-bond donors (Lipinski definition) is 1. The van der Waals surface area contributed by atoms with E-state index in [-0.39, 0.29) is 11.4 Å². The summed E-state index contributed by atoms with van der Waals surface area (Å²) in [6.07, 6.45) is 3.62. The molecule has 0 unspecified atom stereocenters. The molecule has 0 fully saturated rings. The number of para-hydroxylation sites is 1. The second-order valence-electron chi connectivity index (χ2n) is 6.97. The first-order valence-electron chi connectivity index (χ1n) is 9.98. The monoisotopic (exact) mass is 464 g/mol. The van der Waals surface area contributed by atoms with Crippen molar-refractivity contribution in [1.82, 2.24) is 14.5 Å². The van der Waals surface area contributed by atoms with E-state index in [2.05, 4.69) is 9.71 Å². The van der Waals surface area contributed by atoms with E-state index in [1.807, 2.05) is 60.8 Å². The number of halogens is 1. The van der Waals surface area contributed by atoms with Crippen molar-refractivity contribution in [2.45, 2.75) is 4.90 Å². The highest BCUT2D eigenvalue weighted by Gasteiger charge is 2.13. The number of benzene rings is 3. The fourth-order valence-electron chi connectivity index (χ4n) is 3.12. The minimum Gasteiger partial charge on any atom is -0.291 e. The van der Waals surface area contributed by atoms with E-state index >= 15 is 0 Å². The van der Waals surface area contributed by atoms with Gasteiger partial charge in [-0.3, -0.25) is 4.99 Å². The van der Waals surface area contributed by atoms with Gasteiger partial charge in [-0.15, -0.1) is 0 Å². The lowest BCUT2D eigenvalue weighted by atomic mass is 10.1. The van der Waals surface area contributed by atoms with Gasteiger partial charge in [-0.1, -0.05) is 60.1 Å². The van der Waals surface area contributed by atoms with Gasteiger partial charge in [0.05, 0.1) is 17.1 Å². The predicted molar refractivity (Wildman–Crippen MR) is 128 cm³/mol. The number of aromatic nitrogens is 2. The molecular weight excluding hydrogens is 444 g/mol. The Morgan fingerprint density at radius 1 is 0.938 bits per heavy atom. The zero-order valence-corrected chi connectivity index (χ0v) is 18.7. The van der Waals surface area contributed by atoms with Gasteiger partial charge in [0.25, 0.3) is 0 Å². The standard InChI is InChI=1S/C24H21ClN4O2S/c25-21-13-11-19(12-14-21)24-20(18-29(28-24)22-7-3-1-4-8-22)17-26-15-16-27-32(30,31)23-9-5-2-6-10-23/h1-14,17-18,27H,15-16H2. The van der Waals surface area contributed by atoms with Gasteiger partial charge in [0.1, 0.15) is 5.69 Å². The molecule has 162 valence electrons. The smallest absolute Gasteiger partial charge is 0.240 e. The van der Waals surface area contributed by atoms with Gasteiger partial charge in [0, 0.05) is 35.1 Å². The van der Waals surface area contributed by atoms with E-state index in [0.29, 0.717) is 11.6 Å². The van der Waals surface area contributed by atoms with Crippen LogP contribution >= 0.6 is 11.6 Å². The summed E-state index contributed by atoms with van der Waals surface area (Å²) in [6, 6.07) is 25.5. The number of aliphatic imine (C=N–C) groups is 1. The SMILES string of the molecule is O=S(=O)(NCCN=Cc1cn(-c2ccccc2)nc1-c1ccc(Cl)cc1)c1ccccc1. The Labute approximate surface area is 192 Å². The Balaban J connectivity index is 1.51. The molecule has 6 nitrogen and oxygen atoms in total. The fourth-order valence-corrected chi connectivity index (χ4v) is 4.29. The molecule has 0 aliphatic rings. The number of sulfonamides is 1. The molecule has 8 heteroatoms. The molecule has 0 bridgehead atoms. The molecule has 0 aliphatic carbocycles. The van der Waals surface area contributed by atoms with E-state index in [1.54, 1.807) is 41.2 Å². The van der Waals surface area contributed by atoms with Crippen molar-refractivity contribution in [2.75, 3.05) is 13.1 Å². The fraction of sp³-hybridized carbons (Fsp3) is 0.0833. The first-order chi connectivity index (χ1) is 15.5. The molecule has 1 aromatic heterocycles. The molecule has 0 aliphatic heterocycles. The lowest BCUT2D eigenvalue weighted by molar-refractivity contribution is 0.582. The summed E-state index contributed by atoms with van der Waals surface area (Å²) in [5, 5.41) is 5.38. The number of nitrogens with zero attached hydrogens (tertiary/aromatic N) is 3. The highest BCUT2D eigenvalue weighted by Crippen LogP contribution is 2.24. The minimum atomic E-state index is -3.55. The molecule has 4 rings (SSSR count). The molecular formula is C24H21ClN4O2S. The van der Waals surface area contributed by atoms with Crippen molar-refractivity contribution in [1.29, 1.82) is 0 Å². The van der Waals surface area contributed by atoms with Crippen LogP contribution in [0.2, 0.25) is 5.02 Å². The third kappa shape index (κ3) is 5.31. The second-order valence-corrected chi connectivity index (χ2v) is 9.17. The van der Waals surface area contributed by atoms with Gasteiger partial charge in [-0.25, -0.2) is 17.8 Å². The Kier molecular flexibility index (Phi) is 6.80. The van der Waals surface area contributed by atoms with Gasteiger partial charge in [-0.2, -0.15) is 5.10 Å². The molecule has 0 radical (unpaired) electrons. The molecule has 32 heavy (non-hydrogen) atoms. The largest absolute Gasteiger partial charge is 0.291 e. The van der Waals surface area contributed by atoms with E-state index in [4.69, 9.17) is 16.7 Å². The van der Waals surface area contributed by atoms with Crippen molar-refractivity contribution >= 4 is 27.8 Å². The summed E-state index contributed by atoms with van der Waals surface area (Å²) < 4.78 is 29.0. The molecule has 1 N–H and O–H groups in total. The summed E-state index contributed by atoms with van der Waals surface area (Å²) in [6.45, 7) is 0.486. The first kappa shape index (κ1) is 22.0. The van der Waals surface area contributed by atoms with E-state index in [1.165, 1.54) is 0 Å².